The second-order valence-corrected chi connectivity index (χ2v) is 7.18. The molecule has 122 valence electrons. The number of carbonyl (C=O) groups is 1. The molecule has 2 N–H and O–H groups in total. The monoisotopic (exact) mass is 325 g/mol. The van der Waals surface area contributed by atoms with Gasteiger partial charge >= 0.3 is 6.09 Å². The molecule has 6 heteroatoms. The number of alkyl carbamates (subject to hydrolysis) is 1. The molecule has 1 aromatic rings. The van der Waals surface area contributed by atoms with Gasteiger partial charge in [-0.1, -0.05) is 11.6 Å². The van der Waals surface area contributed by atoms with Gasteiger partial charge in [-0.05, 0) is 58.6 Å². The van der Waals surface area contributed by atoms with Crippen molar-refractivity contribution in [2.75, 3.05) is 5.32 Å². The van der Waals surface area contributed by atoms with E-state index in [9.17, 15) is 4.79 Å². The zero-order chi connectivity index (χ0) is 16.3. The molecular weight excluding hydrogens is 302 g/mol. The van der Waals surface area contributed by atoms with E-state index < -0.39 is 5.60 Å². The number of rotatable bonds is 3. The van der Waals surface area contributed by atoms with E-state index in [0.717, 1.165) is 24.8 Å². The van der Waals surface area contributed by atoms with Crippen molar-refractivity contribution in [2.24, 2.45) is 0 Å². The number of carbonyl (C=O) groups excluding carboxylic acids is 1. The number of pyridine rings is 1. The molecule has 0 aliphatic heterocycles. The van der Waals surface area contributed by atoms with Gasteiger partial charge in [-0.15, -0.1) is 0 Å². The average Bonchev–Trinajstić information content (AvgIpc) is 2.77. The van der Waals surface area contributed by atoms with Gasteiger partial charge in [-0.2, -0.15) is 0 Å². The Labute approximate surface area is 136 Å². The van der Waals surface area contributed by atoms with E-state index in [1.54, 1.807) is 6.20 Å². The average molecular weight is 326 g/mol. The predicted octanol–water partition coefficient (Wildman–Crippen LogP) is 3.90. The summed E-state index contributed by atoms with van der Waals surface area (Å²) in [5.74, 6) is 0.662. The summed E-state index contributed by atoms with van der Waals surface area (Å²) in [6.45, 7) is 7.51. The molecule has 1 heterocycles. The largest absolute Gasteiger partial charge is 0.444 e. The topological polar surface area (TPSA) is 63.2 Å². The summed E-state index contributed by atoms with van der Waals surface area (Å²) in [5, 5.41) is 6.88. The number of anilines is 1. The number of hydrogen-bond acceptors (Lipinski definition) is 4. The van der Waals surface area contributed by atoms with Crippen molar-refractivity contribution in [3.05, 3.63) is 22.8 Å². The first kappa shape index (κ1) is 16.9. The van der Waals surface area contributed by atoms with Crippen molar-refractivity contribution in [2.45, 2.75) is 64.6 Å². The molecule has 0 spiro atoms. The maximum absolute atomic E-state index is 11.9. The summed E-state index contributed by atoms with van der Waals surface area (Å²) in [6.07, 6.45) is 4.32. The molecule has 0 unspecified atom stereocenters. The molecule has 1 aliphatic carbocycles. The molecule has 1 fully saturated rings. The summed E-state index contributed by atoms with van der Waals surface area (Å²) in [4.78, 5) is 16.2. The van der Waals surface area contributed by atoms with Crippen LogP contribution in [0.15, 0.2) is 12.3 Å². The second kappa shape index (κ2) is 6.73. The maximum atomic E-state index is 11.9. The number of aromatic nitrogens is 1. The highest BCUT2D eigenvalue weighted by atomic mass is 35.5. The lowest BCUT2D eigenvalue weighted by molar-refractivity contribution is 0.0503. The van der Waals surface area contributed by atoms with Gasteiger partial charge in [-0.25, -0.2) is 9.78 Å². The Balaban J connectivity index is 1.97. The Kier molecular flexibility index (Phi) is 5.16. The molecule has 1 aliphatic rings. The van der Waals surface area contributed by atoms with Crippen LogP contribution in [-0.2, 0) is 4.74 Å². The predicted molar refractivity (Wildman–Crippen MR) is 88.4 cm³/mol. The molecule has 0 aromatic carbocycles. The van der Waals surface area contributed by atoms with Crippen LogP contribution in [-0.4, -0.2) is 28.8 Å². The van der Waals surface area contributed by atoms with E-state index in [1.165, 1.54) is 0 Å². The molecule has 2 atom stereocenters. The summed E-state index contributed by atoms with van der Waals surface area (Å²) < 4.78 is 5.32. The smallest absolute Gasteiger partial charge is 0.407 e. The molecule has 0 bridgehead atoms. The molecule has 5 nitrogen and oxygen atoms in total. The fraction of sp³-hybridized carbons (Fsp3) is 0.625. The molecule has 1 amide bonds. The molecular formula is C16H24ClN3O2. The first-order chi connectivity index (χ1) is 10.2. The zero-order valence-electron chi connectivity index (χ0n) is 13.6. The Morgan fingerprint density at radius 3 is 2.68 bits per heavy atom. The van der Waals surface area contributed by atoms with Crippen LogP contribution in [0.3, 0.4) is 0 Å². The van der Waals surface area contributed by atoms with Crippen LogP contribution < -0.4 is 10.6 Å². The van der Waals surface area contributed by atoms with Crippen LogP contribution in [0.5, 0.6) is 0 Å². The lowest BCUT2D eigenvalue weighted by atomic mass is 10.1. The highest BCUT2D eigenvalue weighted by molar-refractivity contribution is 6.32. The van der Waals surface area contributed by atoms with Crippen LogP contribution >= 0.6 is 11.6 Å². The van der Waals surface area contributed by atoms with Gasteiger partial charge in [0.2, 0.25) is 0 Å². The third kappa shape index (κ3) is 4.77. The molecule has 0 radical (unpaired) electrons. The van der Waals surface area contributed by atoms with Crippen LogP contribution in [0.25, 0.3) is 0 Å². The van der Waals surface area contributed by atoms with Gasteiger partial charge in [0.1, 0.15) is 11.4 Å². The third-order valence-electron chi connectivity index (χ3n) is 3.52. The Morgan fingerprint density at radius 2 is 2.05 bits per heavy atom. The van der Waals surface area contributed by atoms with Crippen molar-refractivity contribution < 1.29 is 9.53 Å². The van der Waals surface area contributed by atoms with E-state index in [-0.39, 0.29) is 18.2 Å². The van der Waals surface area contributed by atoms with Crippen molar-refractivity contribution in [3.63, 3.8) is 0 Å². The number of amides is 1. The summed E-state index contributed by atoms with van der Waals surface area (Å²) in [6, 6.07) is 2.01. The summed E-state index contributed by atoms with van der Waals surface area (Å²) in [7, 11) is 0. The Morgan fingerprint density at radius 1 is 1.36 bits per heavy atom. The summed E-state index contributed by atoms with van der Waals surface area (Å²) in [5.41, 5.74) is 0.526. The molecule has 2 rings (SSSR count). The lowest BCUT2D eigenvalue weighted by Gasteiger charge is -2.25. The van der Waals surface area contributed by atoms with Crippen molar-refractivity contribution >= 4 is 23.5 Å². The normalized spacial score (nSPS) is 21.5. The highest BCUT2D eigenvalue weighted by Crippen LogP contribution is 2.26. The number of hydrogen-bond donors (Lipinski definition) is 2. The lowest BCUT2D eigenvalue weighted by Crippen LogP contribution is -2.45. The van der Waals surface area contributed by atoms with Gasteiger partial charge in [0.25, 0.3) is 0 Å². The Bertz CT molecular complexity index is 543. The van der Waals surface area contributed by atoms with Crippen molar-refractivity contribution in [1.82, 2.24) is 10.3 Å². The minimum Gasteiger partial charge on any atom is -0.444 e. The minimum absolute atomic E-state index is 0.0222. The van der Waals surface area contributed by atoms with Gasteiger partial charge in [0.05, 0.1) is 11.1 Å². The first-order valence-electron chi connectivity index (χ1n) is 7.63. The van der Waals surface area contributed by atoms with Gasteiger partial charge in [0, 0.05) is 12.2 Å². The second-order valence-electron chi connectivity index (χ2n) is 6.78. The van der Waals surface area contributed by atoms with Crippen LogP contribution in [0, 0.1) is 6.92 Å². The molecule has 22 heavy (non-hydrogen) atoms. The van der Waals surface area contributed by atoms with E-state index in [4.69, 9.17) is 16.3 Å². The quantitative estimate of drug-likeness (QED) is 0.884. The molecule has 0 saturated heterocycles. The Hall–Kier alpha value is -1.49. The number of halogens is 1. The highest BCUT2D eigenvalue weighted by Gasteiger charge is 2.30. The van der Waals surface area contributed by atoms with Gasteiger partial charge < -0.3 is 15.4 Å². The number of nitrogens with one attached hydrogen (secondary N) is 2. The number of aryl methyl sites for hydroxylation is 1. The minimum atomic E-state index is -0.493. The maximum Gasteiger partial charge on any atom is 0.407 e. The number of ether oxygens (including phenoxy) is 1. The van der Waals surface area contributed by atoms with E-state index in [1.807, 2.05) is 33.8 Å². The fourth-order valence-electron chi connectivity index (χ4n) is 2.58. The van der Waals surface area contributed by atoms with Crippen molar-refractivity contribution in [1.29, 1.82) is 0 Å². The van der Waals surface area contributed by atoms with E-state index in [0.29, 0.717) is 10.8 Å². The van der Waals surface area contributed by atoms with Crippen molar-refractivity contribution in [3.8, 4) is 0 Å². The van der Waals surface area contributed by atoms with E-state index in [2.05, 4.69) is 15.6 Å². The zero-order valence-corrected chi connectivity index (χ0v) is 14.3. The van der Waals surface area contributed by atoms with Crippen LogP contribution in [0.2, 0.25) is 5.02 Å². The first-order valence-corrected chi connectivity index (χ1v) is 8.00. The number of nitrogens with zero attached hydrogens (tertiary/aromatic N) is 1. The van der Waals surface area contributed by atoms with Gasteiger partial charge in [0.15, 0.2) is 0 Å². The summed E-state index contributed by atoms with van der Waals surface area (Å²) >= 11 is 6.21. The third-order valence-corrected chi connectivity index (χ3v) is 3.81. The SMILES string of the molecule is Cc1cnc(N[C@H]2CCC[C@@H]2NC(=O)OC(C)(C)C)c(Cl)c1. The van der Waals surface area contributed by atoms with E-state index >= 15 is 0 Å². The molecule has 1 saturated carbocycles. The van der Waals surface area contributed by atoms with Gasteiger partial charge in [-0.3, -0.25) is 0 Å². The standard InChI is InChI=1S/C16H24ClN3O2/c1-10-8-11(17)14(18-9-10)19-12-6-5-7-13(12)20-15(21)22-16(2,3)4/h8-9,12-13H,5-7H2,1-4H3,(H,18,19)(H,20,21)/t12-,13-/m0/s1. The van der Waals surface area contributed by atoms with Crippen LogP contribution in [0.1, 0.15) is 45.6 Å². The molecule has 1 aromatic heterocycles. The van der Waals surface area contributed by atoms with Crippen LogP contribution in [0.4, 0.5) is 10.6 Å². The fourth-order valence-corrected chi connectivity index (χ4v) is 2.86.